The number of benzene rings is 2. The number of amides is 1. The molecular weight excluding hydrogens is 480 g/mol. The average molecular weight is 498 g/mol. The molecule has 0 aliphatic rings. The van der Waals surface area contributed by atoms with Crippen LogP contribution in [0.4, 0.5) is 23.2 Å². The van der Waals surface area contributed by atoms with E-state index >= 15 is 0 Å². The molecule has 4 aromatic rings. The summed E-state index contributed by atoms with van der Waals surface area (Å²) >= 11 is 0. The van der Waals surface area contributed by atoms with E-state index < -0.39 is 40.6 Å². The van der Waals surface area contributed by atoms with E-state index in [0.29, 0.717) is 16.8 Å². The first-order valence-corrected chi connectivity index (χ1v) is 10.5. The molecular formula is C25H18F4N4O3. The van der Waals surface area contributed by atoms with Crippen LogP contribution in [-0.4, -0.2) is 31.7 Å². The highest BCUT2D eigenvalue weighted by molar-refractivity contribution is 6.05. The predicted octanol–water partition coefficient (Wildman–Crippen LogP) is 5.19. The summed E-state index contributed by atoms with van der Waals surface area (Å²) in [6, 6.07) is 12.1. The summed E-state index contributed by atoms with van der Waals surface area (Å²) in [5, 5.41) is 15.3. The van der Waals surface area contributed by atoms with E-state index in [9.17, 15) is 27.2 Å². The molecule has 7 nitrogen and oxygen atoms in total. The number of carbonyl (C=O) groups is 2. The van der Waals surface area contributed by atoms with Crippen molar-refractivity contribution in [2.45, 2.75) is 12.6 Å². The molecule has 0 atom stereocenters. The molecule has 11 heteroatoms. The van der Waals surface area contributed by atoms with Gasteiger partial charge in [0.1, 0.15) is 5.82 Å². The Morgan fingerprint density at radius 1 is 1.06 bits per heavy atom. The minimum atomic E-state index is -4.86. The molecule has 2 N–H and O–H groups in total. The largest absolute Gasteiger partial charge is 0.481 e. The molecule has 0 unspecified atom stereocenters. The van der Waals surface area contributed by atoms with Gasteiger partial charge in [-0.25, -0.2) is 4.39 Å². The third-order valence-corrected chi connectivity index (χ3v) is 5.24. The lowest BCUT2D eigenvalue weighted by atomic mass is 9.99. The maximum atomic E-state index is 14.7. The van der Waals surface area contributed by atoms with E-state index in [4.69, 9.17) is 5.11 Å². The SMILES string of the molecule is Cn1ccc(-c2cc(C(=O)Nc3cccc(-c4ccc(CC(=O)O)cn4)c3)c(F)cc2C(F)(F)F)n1. The fraction of sp³-hybridized carbons (Fsp3) is 0.120. The Hall–Kier alpha value is -4.54. The van der Waals surface area contributed by atoms with Crippen LogP contribution in [-0.2, 0) is 24.4 Å². The third-order valence-electron chi connectivity index (χ3n) is 5.24. The maximum absolute atomic E-state index is 14.7. The number of aliphatic carboxylic acids is 1. The van der Waals surface area contributed by atoms with Crippen molar-refractivity contribution < 1.29 is 32.3 Å². The van der Waals surface area contributed by atoms with Gasteiger partial charge in [0.25, 0.3) is 5.91 Å². The van der Waals surface area contributed by atoms with E-state index in [1.165, 1.54) is 36.3 Å². The quantitative estimate of drug-likeness (QED) is 0.357. The Bertz CT molecular complexity index is 1450. The van der Waals surface area contributed by atoms with Crippen molar-refractivity contribution in [2.75, 3.05) is 5.32 Å². The summed E-state index contributed by atoms with van der Waals surface area (Å²) in [5.41, 5.74) is -0.452. The second-order valence-corrected chi connectivity index (χ2v) is 7.91. The molecule has 4 rings (SSSR count). The molecule has 2 heterocycles. The highest BCUT2D eigenvalue weighted by Gasteiger charge is 2.36. The number of nitrogens with zero attached hydrogens (tertiary/aromatic N) is 3. The van der Waals surface area contributed by atoms with Crippen molar-refractivity contribution in [3.63, 3.8) is 0 Å². The molecule has 2 aromatic carbocycles. The van der Waals surface area contributed by atoms with Crippen LogP contribution in [0.2, 0.25) is 0 Å². The van der Waals surface area contributed by atoms with Gasteiger partial charge in [0.05, 0.1) is 28.9 Å². The highest BCUT2D eigenvalue weighted by atomic mass is 19.4. The fourth-order valence-corrected chi connectivity index (χ4v) is 3.58. The standard InChI is InChI=1S/C25H18F4N4O3/c1-33-8-7-22(32-33)17-11-18(20(26)12-19(17)25(27,28)29)24(36)31-16-4-2-3-15(10-16)21-6-5-14(13-30-21)9-23(34)35/h2-8,10-13H,9H2,1H3,(H,31,36)(H,34,35). The molecule has 2 aromatic heterocycles. The third kappa shape index (κ3) is 5.40. The molecule has 0 aliphatic carbocycles. The Morgan fingerprint density at radius 3 is 2.44 bits per heavy atom. The number of anilines is 1. The number of halogens is 4. The summed E-state index contributed by atoms with van der Waals surface area (Å²) < 4.78 is 56.6. The van der Waals surface area contributed by atoms with Gasteiger partial charge in [0, 0.05) is 36.3 Å². The molecule has 0 bridgehead atoms. The number of hydrogen-bond donors (Lipinski definition) is 2. The van der Waals surface area contributed by atoms with Crippen molar-refractivity contribution in [3.8, 4) is 22.5 Å². The first-order chi connectivity index (χ1) is 17.0. The monoisotopic (exact) mass is 498 g/mol. The second kappa shape index (κ2) is 9.61. The van der Waals surface area contributed by atoms with Crippen molar-refractivity contribution in [1.29, 1.82) is 0 Å². The normalized spacial score (nSPS) is 11.4. The predicted molar refractivity (Wildman–Crippen MR) is 123 cm³/mol. The number of aromatic nitrogens is 3. The van der Waals surface area contributed by atoms with E-state index in [0.717, 1.165) is 6.07 Å². The van der Waals surface area contributed by atoms with Gasteiger partial charge in [-0.1, -0.05) is 18.2 Å². The number of alkyl halides is 3. The van der Waals surface area contributed by atoms with Crippen LogP contribution in [0.5, 0.6) is 0 Å². The zero-order valence-corrected chi connectivity index (χ0v) is 18.7. The number of aryl methyl sites for hydroxylation is 1. The van der Waals surface area contributed by atoms with E-state index in [2.05, 4.69) is 15.4 Å². The molecule has 0 saturated heterocycles. The van der Waals surface area contributed by atoms with Crippen LogP contribution >= 0.6 is 0 Å². The molecule has 36 heavy (non-hydrogen) atoms. The second-order valence-electron chi connectivity index (χ2n) is 7.91. The van der Waals surface area contributed by atoms with Crippen molar-refractivity contribution in [1.82, 2.24) is 14.8 Å². The lowest BCUT2D eigenvalue weighted by Crippen LogP contribution is -2.16. The van der Waals surface area contributed by atoms with Gasteiger partial charge >= 0.3 is 12.1 Å². The number of rotatable bonds is 6. The summed E-state index contributed by atoms with van der Waals surface area (Å²) in [7, 11) is 1.52. The summed E-state index contributed by atoms with van der Waals surface area (Å²) in [6.45, 7) is 0. The topological polar surface area (TPSA) is 97.1 Å². The van der Waals surface area contributed by atoms with Gasteiger partial charge in [-0.15, -0.1) is 0 Å². The van der Waals surface area contributed by atoms with Crippen LogP contribution < -0.4 is 5.32 Å². The average Bonchev–Trinajstić information content (AvgIpc) is 3.24. The van der Waals surface area contributed by atoms with Crippen molar-refractivity contribution >= 4 is 17.6 Å². The minimum absolute atomic E-state index is 0.0571. The molecule has 0 aliphatic heterocycles. The number of carbonyl (C=O) groups excluding carboxylic acids is 1. The maximum Gasteiger partial charge on any atom is 0.417 e. The molecule has 0 fully saturated rings. The summed E-state index contributed by atoms with van der Waals surface area (Å²) in [6.07, 6.45) is -2.18. The Morgan fingerprint density at radius 2 is 1.83 bits per heavy atom. The molecule has 0 radical (unpaired) electrons. The van der Waals surface area contributed by atoms with Crippen LogP contribution in [0.15, 0.2) is 67.0 Å². The molecule has 0 saturated carbocycles. The molecule has 1 amide bonds. The van der Waals surface area contributed by atoms with Crippen LogP contribution in [0.25, 0.3) is 22.5 Å². The van der Waals surface area contributed by atoms with E-state index in [1.54, 1.807) is 30.3 Å². The van der Waals surface area contributed by atoms with Crippen LogP contribution in [0, 0.1) is 5.82 Å². The van der Waals surface area contributed by atoms with Gasteiger partial charge in [0.15, 0.2) is 0 Å². The van der Waals surface area contributed by atoms with Gasteiger partial charge in [-0.3, -0.25) is 19.3 Å². The van der Waals surface area contributed by atoms with E-state index in [1.807, 2.05) is 0 Å². The number of hydrogen-bond acceptors (Lipinski definition) is 4. The van der Waals surface area contributed by atoms with Gasteiger partial charge in [0.2, 0.25) is 0 Å². The van der Waals surface area contributed by atoms with Crippen LogP contribution in [0.3, 0.4) is 0 Å². The summed E-state index contributed by atoms with van der Waals surface area (Å²) in [5.74, 6) is -3.26. The number of carboxylic acid groups (broad SMARTS) is 1. The zero-order valence-electron chi connectivity index (χ0n) is 18.7. The first-order valence-electron chi connectivity index (χ1n) is 10.5. The smallest absolute Gasteiger partial charge is 0.417 e. The Labute approximate surface area is 202 Å². The molecule has 0 spiro atoms. The Kier molecular flexibility index (Phi) is 6.56. The van der Waals surface area contributed by atoms with E-state index in [-0.39, 0.29) is 23.9 Å². The minimum Gasteiger partial charge on any atom is -0.481 e. The van der Waals surface area contributed by atoms with Gasteiger partial charge < -0.3 is 10.4 Å². The van der Waals surface area contributed by atoms with Crippen molar-refractivity contribution in [3.05, 3.63) is 89.5 Å². The van der Waals surface area contributed by atoms with Crippen molar-refractivity contribution in [2.24, 2.45) is 7.05 Å². The number of carboxylic acids is 1. The first kappa shape index (κ1) is 24.6. The van der Waals surface area contributed by atoms with Crippen LogP contribution in [0.1, 0.15) is 21.5 Å². The zero-order chi connectivity index (χ0) is 26.0. The van der Waals surface area contributed by atoms with Gasteiger partial charge in [-0.05, 0) is 42.0 Å². The lowest BCUT2D eigenvalue weighted by molar-refractivity contribution is -0.137. The van der Waals surface area contributed by atoms with Gasteiger partial charge in [-0.2, -0.15) is 18.3 Å². The number of nitrogens with one attached hydrogen (secondary N) is 1. The fourth-order valence-electron chi connectivity index (χ4n) is 3.58. The summed E-state index contributed by atoms with van der Waals surface area (Å²) in [4.78, 5) is 27.9. The Balaban J connectivity index is 1.63. The molecule has 184 valence electrons. The highest BCUT2D eigenvalue weighted by Crippen LogP contribution is 2.38. The lowest BCUT2D eigenvalue weighted by Gasteiger charge is -2.14. The number of pyridine rings is 1.